The smallest absolute Gasteiger partial charge is 0.119 e. The Morgan fingerprint density at radius 2 is 1.81 bits per heavy atom. The molecule has 1 nitrogen and oxygen atoms in total. The molecule has 0 saturated carbocycles. The van der Waals surface area contributed by atoms with Gasteiger partial charge < -0.3 is 4.74 Å². The molecule has 0 N–H and O–H groups in total. The summed E-state index contributed by atoms with van der Waals surface area (Å²) in [5.74, 6) is 0.861. The highest BCUT2D eigenvalue weighted by atomic mass is 127. The summed E-state index contributed by atoms with van der Waals surface area (Å²) >= 11 is 8.46. The maximum atomic E-state index is 6.17. The lowest BCUT2D eigenvalue weighted by molar-refractivity contribution is 0.414. The van der Waals surface area contributed by atoms with Gasteiger partial charge in [0.1, 0.15) is 5.75 Å². The molecule has 0 fully saturated rings. The van der Waals surface area contributed by atoms with Crippen molar-refractivity contribution >= 4 is 34.2 Å². The molecule has 0 heterocycles. The molecule has 0 aliphatic rings. The molecule has 16 heavy (non-hydrogen) atoms. The van der Waals surface area contributed by atoms with Crippen molar-refractivity contribution in [3.63, 3.8) is 0 Å². The van der Waals surface area contributed by atoms with Gasteiger partial charge in [-0.1, -0.05) is 29.8 Å². The molecule has 2 aromatic rings. The number of hydrogen-bond donors (Lipinski definition) is 0. The van der Waals surface area contributed by atoms with Gasteiger partial charge in [-0.05, 0) is 52.4 Å². The fourth-order valence-corrected chi connectivity index (χ4v) is 2.54. The largest absolute Gasteiger partial charge is 0.497 e. The molecule has 0 unspecified atom stereocenters. The van der Waals surface area contributed by atoms with Crippen molar-refractivity contribution in [1.29, 1.82) is 0 Å². The Hall–Kier alpha value is -0.740. The summed E-state index contributed by atoms with van der Waals surface area (Å²) in [7, 11) is 1.67. The van der Waals surface area contributed by atoms with E-state index in [0.29, 0.717) is 0 Å². The van der Waals surface area contributed by atoms with Crippen molar-refractivity contribution in [2.75, 3.05) is 7.11 Å². The van der Waals surface area contributed by atoms with Crippen LogP contribution >= 0.6 is 34.2 Å². The normalized spacial score (nSPS) is 10.2. The van der Waals surface area contributed by atoms with Crippen molar-refractivity contribution < 1.29 is 4.74 Å². The van der Waals surface area contributed by atoms with Crippen LogP contribution in [-0.4, -0.2) is 7.11 Å². The Kier molecular flexibility index (Phi) is 3.71. The Bertz CT molecular complexity index is 511. The van der Waals surface area contributed by atoms with Crippen molar-refractivity contribution in [3.8, 4) is 16.9 Å². The lowest BCUT2D eigenvalue weighted by Gasteiger charge is -2.08. The van der Waals surface area contributed by atoms with E-state index in [2.05, 4.69) is 22.6 Å². The molecule has 0 saturated heterocycles. The molecule has 0 spiro atoms. The molecule has 0 aliphatic heterocycles. The van der Waals surface area contributed by atoms with Crippen molar-refractivity contribution in [1.82, 2.24) is 0 Å². The van der Waals surface area contributed by atoms with Gasteiger partial charge >= 0.3 is 0 Å². The van der Waals surface area contributed by atoms with E-state index in [1.54, 1.807) is 7.11 Å². The van der Waals surface area contributed by atoms with Gasteiger partial charge in [0.25, 0.3) is 0 Å². The van der Waals surface area contributed by atoms with Crippen LogP contribution in [0.25, 0.3) is 11.1 Å². The fraction of sp³-hybridized carbons (Fsp3) is 0.0769. The Labute approximate surface area is 114 Å². The number of halogens is 2. The number of ether oxygens (including phenoxy) is 1. The zero-order valence-corrected chi connectivity index (χ0v) is 11.6. The SMILES string of the molecule is COc1ccc(-c2ccccc2Cl)c(I)c1. The highest BCUT2D eigenvalue weighted by molar-refractivity contribution is 14.1. The first-order chi connectivity index (χ1) is 7.72. The second-order valence-corrected chi connectivity index (χ2v) is 4.90. The topological polar surface area (TPSA) is 9.23 Å². The molecular formula is C13H10ClIO. The van der Waals surface area contributed by atoms with Crippen LogP contribution in [0.4, 0.5) is 0 Å². The van der Waals surface area contributed by atoms with Crippen molar-refractivity contribution in [2.24, 2.45) is 0 Å². The van der Waals surface area contributed by atoms with Crippen LogP contribution in [0.2, 0.25) is 5.02 Å². The molecule has 0 amide bonds. The molecule has 3 heteroatoms. The third kappa shape index (κ3) is 2.33. The minimum Gasteiger partial charge on any atom is -0.497 e. The number of hydrogen-bond acceptors (Lipinski definition) is 1. The maximum absolute atomic E-state index is 6.17. The van der Waals surface area contributed by atoms with Gasteiger partial charge in [0, 0.05) is 14.2 Å². The van der Waals surface area contributed by atoms with Crippen LogP contribution in [0.5, 0.6) is 5.75 Å². The molecule has 82 valence electrons. The zero-order valence-electron chi connectivity index (χ0n) is 8.71. The summed E-state index contributed by atoms with van der Waals surface area (Å²) in [6, 6.07) is 13.8. The molecule has 2 aromatic carbocycles. The molecule has 0 aromatic heterocycles. The van der Waals surface area contributed by atoms with E-state index in [1.165, 1.54) is 0 Å². The lowest BCUT2D eigenvalue weighted by atomic mass is 10.1. The van der Waals surface area contributed by atoms with E-state index in [-0.39, 0.29) is 0 Å². The predicted molar refractivity (Wildman–Crippen MR) is 76.2 cm³/mol. The van der Waals surface area contributed by atoms with Gasteiger partial charge in [-0.15, -0.1) is 0 Å². The van der Waals surface area contributed by atoms with E-state index >= 15 is 0 Å². The van der Waals surface area contributed by atoms with Crippen LogP contribution in [0, 0.1) is 3.57 Å². The van der Waals surface area contributed by atoms with E-state index in [0.717, 1.165) is 25.5 Å². The summed E-state index contributed by atoms with van der Waals surface area (Å²) in [5.41, 5.74) is 2.18. The average molecular weight is 345 g/mol. The van der Waals surface area contributed by atoms with Gasteiger partial charge in [0.15, 0.2) is 0 Å². The number of rotatable bonds is 2. The van der Waals surface area contributed by atoms with E-state index in [1.807, 2.05) is 42.5 Å². The molecular weight excluding hydrogens is 334 g/mol. The van der Waals surface area contributed by atoms with Crippen LogP contribution in [-0.2, 0) is 0 Å². The van der Waals surface area contributed by atoms with Gasteiger partial charge in [-0.25, -0.2) is 0 Å². The first-order valence-electron chi connectivity index (χ1n) is 4.81. The first kappa shape index (κ1) is 11.7. The minimum atomic E-state index is 0.769. The first-order valence-corrected chi connectivity index (χ1v) is 6.26. The Balaban J connectivity index is 2.53. The second kappa shape index (κ2) is 5.06. The summed E-state index contributed by atoms with van der Waals surface area (Å²) in [5, 5.41) is 0.769. The number of methoxy groups -OCH3 is 1. The predicted octanol–water partition coefficient (Wildman–Crippen LogP) is 4.62. The summed E-state index contributed by atoms with van der Waals surface area (Å²) in [6.07, 6.45) is 0. The van der Waals surface area contributed by atoms with Gasteiger partial charge in [0.05, 0.1) is 7.11 Å². The second-order valence-electron chi connectivity index (χ2n) is 3.33. The average Bonchev–Trinajstić information content (AvgIpc) is 2.30. The summed E-state index contributed by atoms with van der Waals surface area (Å²) in [4.78, 5) is 0. The van der Waals surface area contributed by atoms with Crippen LogP contribution in [0.3, 0.4) is 0 Å². The standard InChI is InChI=1S/C13H10ClIO/c1-16-9-6-7-11(13(15)8-9)10-4-2-3-5-12(10)14/h2-8H,1H3. The van der Waals surface area contributed by atoms with Gasteiger partial charge in [-0.3, -0.25) is 0 Å². The monoisotopic (exact) mass is 344 g/mol. The van der Waals surface area contributed by atoms with E-state index in [9.17, 15) is 0 Å². The molecule has 2 rings (SSSR count). The van der Waals surface area contributed by atoms with Crippen LogP contribution < -0.4 is 4.74 Å². The maximum Gasteiger partial charge on any atom is 0.119 e. The molecule has 0 bridgehead atoms. The third-order valence-electron chi connectivity index (χ3n) is 2.34. The van der Waals surface area contributed by atoms with Crippen molar-refractivity contribution in [2.45, 2.75) is 0 Å². The molecule has 0 aliphatic carbocycles. The van der Waals surface area contributed by atoms with Gasteiger partial charge in [0.2, 0.25) is 0 Å². The highest BCUT2D eigenvalue weighted by Gasteiger charge is 2.07. The summed E-state index contributed by atoms with van der Waals surface area (Å²) in [6.45, 7) is 0. The quantitative estimate of drug-likeness (QED) is 0.722. The van der Waals surface area contributed by atoms with Crippen LogP contribution in [0.1, 0.15) is 0 Å². The van der Waals surface area contributed by atoms with E-state index < -0.39 is 0 Å². The highest BCUT2D eigenvalue weighted by Crippen LogP contribution is 2.32. The van der Waals surface area contributed by atoms with Crippen molar-refractivity contribution in [3.05, 3.63) is 51.1 Å². The van der Waals surface area contributed by atoms with Gasteiger partial charge in [-0.2, -0.15) is 0 Å². The Morgan fingerprint density at radius 3 is 2.44 bits per heavy atom. The third-order valence-corrected chi connectivity index (χ3v) is 3.56. The van der Waals surface area contributed by atoms with E-state index in [4.69, 9.17) is 16.3 Å². The molecule has 0 atom stereocenters. The fourth-order valence-electron chi connectivity index (χ4n) is 1.52. The minimum absolute atomic E-state index is 0.769. The van der Waals surface area contributed by atoms with Crippen LogP contribution in [0.15, 0.2) is 42.5 Å². The number of benzene rings is 2. The summed E-state index contributed by atoms with van der Waals surface area (Å²) < 4.78 is 6.31. The lowest BCUT2D eigenvalue weighted by Crippen LogP contribution is -1.87. The Morgan fingerprint density at radius 1 is 1.06 bits per heavy atom. The molecule has 0 radical (unpaired) electrons. The zero-order chi connectivity index (χ0) is 11.5.